The molecule has 0 amide bonds. The van der Waals surface area contributed by atoms with Gasteiger partial charge in [0.15, 0.2) is 0 Å². The Labute approximate surface area is 118 Å². The summed E-state index contributed by atoms with van der Waals surface area (Å²) >= 11 is 0. The van der Waals surface area contributed by atoms with Gasteiger partial charge in [-0.25, -0.2) is 9.48 Å². The lowest BCUT2D eigenvalue weighted by Crippen LogP contribution is -2.24. The van der Waals surface area contributed by atoms with Gasteiger partial charge in [0.1, 0.15) is 11.3 Å². The van der Waals surface area contributed by atoms with E-state index in [1.807, 2.05) is 0 Å². The van der Waals surface area contributed by atoms with E-state index in [1.54, 1.807) is 31.2 Å². The number of hydrogen-bond donors (Lipinski definition) is 1. The second kappa shape index (κ2) is 4.86. The largest absolute Gasteiger partial charge is 0.475 e. The van der Waals surface area contributed by atoms with E-state index in [1.165, 1.54) is 10.7 Å². The Hall–Kier alpha value is -2.96. The number of nitrogens with zero attached hydrogens (tertiary/aromatic N) is 3. The molecule has 2 aromatic heterocycles. The second-order valence-corrected chi connectivity index (χ2v) is 4.57. The summed E-state index contributed by atoms with van der Waals surface area (Å²) in [4.78, 5) is 23.2. The van der Waals surface area contributed by atoms with E-state index in [0.717, 1.165) is 0 Å². The fourth-order valence-electron chi connectivity index (χ4n) is 2.07. The third-order valence-electron chi connectivity index (χ3n) is 3.18. The summed E-state index contributed by atoms with van der Waals surface area (Å²) in [5.74, 6) is -0.875. The number of carboxylic acid groups (broad SMARTS) is 1. The van der Waals surface area contributed by atoms with Crippen molar-refractivity contribution in [2.45, 2.75) is 13.5 Å². The van der Waals surface area contributed by atoms with Gasteiger partial charge in [-0.2, -0.15) is 0 Å². The molecule has 0 spiro atoms. The van der Waals surface area contributed by atoms with Crippen LogP contribution in [0.15, 0.2) is 39.5 Å². The van der Waals surface area contributed by atoms with Crippen molar-refractivity contribution < 1.29 is 14.3 Å². The number of rotatable bonds is 3. The maximum absolute atomic E-state index is 12.3. The fourth-order valence-corrected chi connectivity index (χ4v) is 2.07. The maximum Gasteiger partial charge on any atom is 0.371 e. The van der Waals surface area contributed by atoms with Crippen molar-refractivity contribution in [3.8, 4) is 0 Å². The van der Waals surface area contributed by atoms with E-state index in [0.29, 0.717) is 22.2 Å². The Kier molecular flexibility index (Phi) is 3.02. The monoisotopic (exact) mass is 285 g/mol. The van der Waals surface area contributed by atoms with Crippen LogP contribution in [0.1, 0.15) is 21.9 Å². The van der Waals surface area contributed by atoms with Gasteiger partial charge < -0.3 is 9.52 Å². The number of furan rings is 1. The lowest BCUT2D eigenvalue weighted by atomic mass is 10.2. The van der Waals surface area contributed by atoms with E-state index in [2.05, 4.69) is 10.3 Å². The van der Waals surface area contributed by atoms with E-state index < -0.39 is 5.97 Å². The quantitative estimate of drug-likeness (QED) is 0.781. The highest BCUT2D eigenvalue weighted by molar-refractivity contribution is 5.84. The molecule has 0 aliphatic rings. The molecule has 21 heavy (non-hydrogen) atoms. The highest BCUT2D eigenvalue weighted by Gasteiger charge is 2.15. The molecule has 0 aliphatic heterocycles. The van der Waals surface area contributed by atoms with Gasteiger partial charge in [-0.3, -0.25) is 4.79 Å². The highest BCUT2D eigenvalue weighted by Crippen LogP contribution is 2.15. The first kappa shape index (κ1) is 13.0. The van der Waals surface area contributed by atoms with Gasteiger partial charge in [-0.05, 0) is 25.1 Å². The molecule has 1 aromatic carbocycles. The molecular formula is C14H11N3O4. The summed E-state index contributed by atoms with van der Waals surface area (Å²) in [6.07, 6.45) is 0. The summed E-state index contributed by atoms with van der Waals surface area (Å²) in [5, 5.41) is 17.2. The van der Waals surface area contributed by atoms with Gasteiger partial charge in [0.05, 0.1) is 11.9 Å². The van der Waals surface area contributed by atoms with Crippen LogP contribution in [0.4, 0.5) is 0 Å². The molecule has 106 valence electrons. The van der Waals surface area contributed by atoms with E-state index in [4.69, 9.17) is 9.52 Å². The third-order valence-corrected chi connectivity index (χ3v) is 3.18. The van der Waals surface area contributed by atoms with Crippen LogP contribution in [0.3, 0.4) is 0 Å². The molecule has 1 N–H and O–H groups in total. The number of aromatic nitrogens is 3. The summed E-state index contributed by atoms with van der Waals surface area (Å²) in [6, 6.07) is 8.30. The molecule has 0 saturated heterocycles. The number of benzene rings is 1. The first-order valence-corrected chi connectivity index (χ1v) is 6.21. The normalized spacial score (nSPS) is 10.9. The summed E-state index contributed by atoms with van der Waals surface area (Å²) in [6.45, 7) is 1.75. The van der Waals surface area contributed by atoms with Crippen LogP contribution in [-0.2, 0) is 6.54 Å². The predicted molar refractivity (Wildman–Crippen MR) is 73.3 cm³/mol. The molecular weight excluding hydrogens is 274 g/mol. The molecule has 0 saturated carbocycles. The molecule has 0 unspecified atom stereocenters. The van der Waals surface area contributed by atoms with Crippen LogP contribution in [0, 0.1) is 6.92 Å². The average Bonchev–Trinajstić information content (AvgIpc) is 2.84. The molecule has 7 heteroatoms. The zero-order valence-electron chi connectivity index (χ0n) is 11.1. The van der Waals surface area contributed by atoms with Crippen LogP contribution >= 0.6 is 0 Å². The molecule has 0 atom stereocenters. The minimum Gasteiger partial charge on any atom is -0.475 e. The molecule has 7 nitrogen and oxygen atoms in total. The van der Waals surface area contributed by atoms with Gasteiger partial charge in [-0.15, -0.1) is 5.10 Å². The van der Waals surface area contributed by atoms with Gasteiger partial charge >= 0.3 is 5.97 Å². The minimum atomic E-state index is -1.15. The van der Waals surface area contributed by atoms with Crippen LogP contribution in [0.5, 0.6) is 0 Å². The Morgan fingerprint density at radius 3 is 2.86 bits per heavy atom. The Bertz CT molecular complexity index is 895. The van der Waals surface area contributed by atoms with Crippen LogP contribution in [0.2, 0.25) is 0 Å². The van der Waals surface area contributed by atoms with Crippen molar-refractivity contribution in [3.63, 3.8) is 0 Å². The molecule has 0 aliphatic carbocycles. The number of aromatic carboxylic acids is 1. The minimum absolute atomic E-state index is 0.110. The molecule has 2 heterocycles. The SMILES string of the molecule is Cc1oc(C(=O)O)cc1Cn1nnc2ccccc2c1=O. The lowest BCUT2D eigenvalue weighted by molar-refractivity contribution is 0.0661. The summed E-state index contributed by atoms with van der Waals surface area (Å²) < 4.78 is 6.30. The standard InChI is InChI=1S/C14H11N3O4/c1-8-9(6-12(21-8)14(19)20)7-17-13(18)10-4-2-3-5-11(10)15-16-17/h2-6H,7H2,1H3,(H,19,20). The van der Waals surface area contributed by atoms with Crippen molar-refractivity contribution in [2.75, 3.05) is 0 Å². The first-order chi connectivity index (χ1) is 10.1. The highest BCUT2D eigenvalue weighted by atomic mass is 16.4. The number of carboxylic acids is 1. The van der Waals surface area contributed by atoms with Crippen LogP contribution < -0.4 is 5.56 Å². The molecule has 0 radical (unpaired) electrons. The van der Waals surface area contributed by atoms with Crippen molar-refractivity contribution in [3.05, 3.63) is 57.8 Å². The first-order valence-electron chi connectivity index (χ1n) is 6.21. The topological polar surface area (TPSA) is 98.2 Å². The van der Waals surface area contributed by atoms with Gasteiger partial charge in [0.2, 0.25) is 5.76 Å². The average molecular weight is 285 g/mol. The van der Waals surface area contributed by atoms with Crippen molar-refractivity contribution >= 4 is 16.9 Å². The summed E-state index contributed by atoms with van der Waals surface area (Å²) in [7, 11) is 0. The molecule has 0 fully saturated rings. The predicted octanol–water partition coefficient (Wildman–Crippen LogP) is 1.44. The van der Waals surface area contributed by atoms with Gasteiger partial charge in [0.25, 0.3) is 5.56 Å². The zero-order valence-corrected chi connectivity index (χ0v) is 11.1. The molecule has 3 aromatic rings. The lowest BCUT2D eigenvalue weighted by Gasteiger charge is -2.03. The summed E-state index contributed by atoms with van der Waals surface area (Å²) in [5.41, 5.74) is 0.825. The zero-order chi connectivity index (χ0) is 15.0. The number of fused-ring (bicyclic) bond motifs is 1. The Balaban J connectivity index is 2.04. The van der Waals surface area contributed by atoms with Gasteiger partial charge in [-0.1, -0.05) is 17.3 Å². The number of aryl methyl sites for hydroxylation is 1. The van der Waals surface area contributed by atoms with Crippen LogP contribution in [-0.4, -0.2) is 26.1 Å². The molecule has 3 rings (SSSR count). The van der Waals surface area contributed by atoms with Crippen molar-refractivity contribution in [1.29, 1.82) is 0 Å². The Morgan fingerprint density at radius 2 is 2.14 bits per heavy atom. The Morgan fingerprint density at radius 1 is 1.38 bits per heavy atom. The van der Waals surface area contributed by atoms with Gasteiger partial charge in [0, 0.05) is 5.56 Å². The smallest absolute Gasteiger partial charge is 0.371 e. The fraction of sp³-hybridized carbons (Fsp3) is 0.143. The third kappa shape index (κ3) is 2.29. The van der Waals surface area contributed by atoms with E-state index in [-0.39, 0.29) is 17.9 Å². The number of hydrogen-bond acceptors (Lipinski definition) is 5. The number of carbonyl (C=O) groups is 1. The van der Waals surface area contributed by atoms with E-state index >= 15 is 0 Å². The van der Waals surface area contributed by atoms with Crippen molar-refractivity contribution in [1.82, 2.24) is 15.0 Å². The molecule has 0 bridgehead atoms. The maximum atomic E-state index is 12.3. The second-order valence-electron chi connectivity index (χ2n) is 4.57. The van der Waals surface area contributed by atoms with E-state index in [9.17, 15) is 9.59 Å². The van der Waals surface area contributed by atoms with Crippen LogP contribution in [0.25, 0.3) is 10.9 Å². The van der Waals surface area contributed by atoms with Crippen molar-refractivity contribution in [2.24, 2.45) is 0 Å².